The number of rotatable bonds is 1. The second-order valence-electron chi connectivity index (χ2n) is 3.10. The summed E-state index contributed by atoms with van der Waals surface area (Å²) in [6.45, 7) is 2.01. The van der Waals surface area contributed by atoms with Gasteiger partial charge in [-0.05, 0) is 0 Å². The maximum Gasteiger partial charge on any atom is 1.00 e. The maximum atomic E-state index is 11.5. The summed E-state index contributed by atoms with van der Waals surface area (Å²) < 4.78 is 0. The Labute approximate surface area is 75.4 Å². The van der Waals surface area contributed by atoms with Crippen molar-refractivity contribution < 1.29 is 24.0 Å². The average Bonchev–Trinajstić information content (AvgIpc) is 1.90. The van der Waals surface area contributed by atoms with Gasteiger partial charge in [-0.25, -0.2) is 0 Å². The molecule has 0 spiro atoms. The van der Waals surface area contributed by atoms with Crippen LogP contribution < -0.4 is 24.0 Å². The van der Waals surface area contributed by atoms with Gasteiger partial charge in [-0.2, -0.15) is 0 Å². The van der Waals surface area contributed by atoms with E-state index in [1.807, 2.05) is 6.92 Å². The van der Waals surface area contributed by atoms with Crippen LogP contribution in [0.3, 0.4) is 0 Å². The van der Waals surface area contributed by atoms with Crippen molar-refractivity contribution in [3.63, 3.8) is 0 Å². The summed E-state index contributed by atoms with van der Waals surface area (Å²) in [7, 11) is 0. The van der Waals surface area contributed by atoms with E-state index in [1.165, 1.54) is 6.42 Å². The molecule has 54 valence electrons. The van der Waals surface area contributed by atoms with Crippen LogP contribution in [0, 0.1) is 0 Å². The third-order valence-electron chi connectivity index (χ3n) is 2.41. The molecule has 1 saturated carbocycles. The smallest absolute Gasteiger partial charge is 0.849 e. The minimum absolute atomic E-state index is 0. The van der Waals surface area contributed by atoms with Gasteiger partial charge in [-0.3, -0.25) is 0 Å². The van der Waals surface area contributed by atoms with Crippen molar-refractivity contribution in [2.75, 3.05) is 0 Å². The number of hydrogen-bond acceptors (Lipinski definition) is 1. The normalized spacial score (nSPS) is 23.4. The Balaban J connectivity index is 0.000000810. The molecule has 0 aromatic carbocycles. The Bertz CT molecular complexity index is 87.3. The van der Waals surface area contributed by atoms with Crippen molar-refractivity contribution in [3.8, 4) is 0 Å². The minimum Gasteiger partial charge on any atom is -0.849 e. The Kier molecular flexibility index (Phi) is 4.69. The van der Waals surface area contributed by atoms with Crippen LogP contribution in [0.25, 0.3) is 0 Å². The molecule has 1 aliphatic carbocycles. The maximum absolute atomic E-state index is 11.5. The van der Waals surface area contributed by atoms with Crippen LogP contribution in [0.4, 0.5) is 0 Å². The van der Waals surface area contributed by atoms with E-state index in [1.54, 1.807) is 0 Å². The van der Waals surface area contributed by atoms with Gasteiger partial charge in [0.1, 0.15) is 0 Å². The van der Waals surface area contributed by atoms with Crippen LogP contribution in [-0.2, 0) is 0 Å². The zero-order chi connectivity index (χ0) is 6.74. The number of hydrogen-bond donors (Lipinski definition) is 0. The molecule has 0 aromatic rings. The van der Waals surface area contributed by atoms with Crippen LogP contribution in [0.2, 0.25) is 0 Å². The van der Waals surface area contributed by atoms with Crippen LogP contribution in [0.1, 0.15) is 45.4 Å². The third kappa shape index (κ3) is 2.66. The van der Waals surface area contributed by atoms with Crippen molar-refractivity contribution >= 4 is 0 Å². The van der Waals surface area contributed by atoms with Crippen molar-refractivity contribution in [2.45, 2.75) is 51.0 Å². The molecule has 0 atom stereocenters. The van der Waals surface area contributed by atoms with E-state index in [2.05, 4.69) is 0 Å². The molecular weight excluding hydrogens is 119 g/mol. The molecule has 1 nitrogen and oxygen atoms in total. The molecular formula is C8H15LiO. The molecule has 1 aliphatic rings. The van der Waals surface area contributed by atoms with E-state index in [9.17, 15) is 5.11 Å². The predicted molar refractivity (Wildman–Crippen MR) is 36.1 cm³/mol. The van der Waals surface area contributed by atoms with Crippen molar-refractivity contribution in [3.05, 3.63) is 0 Å². The average molecular weight is 134 g/mol. The second-order valence-corrected chi connectivity index (χ2v) is 3.10. The summed E-state index contributed by atoms with van der Waals surface area (Å²) in [5.74, 6) is 0. The molecule has 1 rings (SSSR count). The summed E-state index contributed by atoms with van der Waals surface area (Å²) >= 11 is 0. The summed E-state index contributed by atoms with van der Waals surface area (Å²) in [4.78, 5) is 0. The van der Waals surface area contributed by atoms with Crippen LogP contribution in [0.5, 0.6) is 0 Å². The van der Waals surface area contributed by atoms with Crippen LogP contribution >= 0.6 is 0 Å². The van der Waals surface area contributed by atoms with E-state index in [4.69, 9.17) is 0 Å². The molecule has 0 aliphatic heterocycles. The van der Waals surface area contributed by atoms with Crippen molar-refractivity contribution in [1.29, 1.82) is 0 Å². The molecule has 0 saturated heterocycles. The predicted octanol–water partition coefficient (Wildman–Crippen LogP) is -1.54. The van der Waals surface area contributed by atoms with E-state index in [0.717, 1.165) is 32.1 Å². The van der Waals surface area contributed by atoms with E-state index < -0.39 is 5.60 Å². The summed E-state index contributed by atoms with van der Waals surface area (Å²) in [6, 6.07) is 0. The topological polar surface area (TPSA) is 23.1 Å². The van der Waals surface area contributed by atoms with Crippen molar-refractivity contribution in [2.24, 2.45) is 0 Å². The van der Waals surface area contributed by atoms with Gasteiger partial charge in [0.05, 0.1) is 0 Å². The van der Waals surface area contributed by atoms with Gasteiger partial charge in [-0.1, -0.05) is 45.4 Å². The summed E-state index contributed by atoms with van der Waals surface area (Å²) in [5, 5.41) is 11.5. The standard InChI is InChI=1S/C8H15O.Li/c1-2-8(9)6-4-3-5-7-8;/h2-7H2,1H3;/q-1;+1. The van der Waals surface area contributed by atoms with E-state index >= 15 is 0 Å². The molecule has 0 radical (unpaired) electrons. The Morgan fingerprint density at radius 3 is 2.00 bits per heavy atom. The molecule has 0 bridgehead atoms. The second kappa shape index (κ2) is 4.44. The Morgan fingerprint density at radius 2 is 1.70 bits per heavy atom. The molecule has 10 heavy (non-hydrogen) atoms. The minimum atomic E-state index is -0.530. The molecule has 0 aromatic heterocycles. The molecule has 2 heteroatoms. The zero-order valence-electron chi connectivity index (χ0n) is 7.15. The first-order chi connectivity index (χ1) is 4.27. The van der Waals surface area contributed by atoms with Crippen molar-refractivity contribution in [1.82, 2.24) is 0 Å². The SMILES string of the molecule is CCC1([O-])CCCCC1.[Li+]. The summed E-state index contributed by atoms with van der Waals surface area (Å²) in [5.41, 5.74) is -0.530. The largest absolute Gasteiger partial charge is 1.00 e. The quantitative estimate of drug-likeness (QED) is 0.399. The molecule has 0 unspecified atom stereocenters. The van der Waals surface area contributed by atoms with Crippen LogP contribution in [-0.4, -0.2) is 5.60 Å². The third-order valence-corrected chi connectivity index (χ3v) is 2.41. The molecule has 0 amide bonds. The molecule has 1 fully saturated rings. The van der Waals surface area contributed by atoms with E-state index in [-0.39, 0.29) is 18.9 Å². The van der Waals surface area contributed by atoms with Gasteiger partial charge in [-0.15, -0.1) is 5.60 Å². The fraction of sp³-hybridized carbons (Fsp3) is 1.00. The summed E-state index contributed by atoms with van der Waals surface area (Å²) in [6.07, 6.45) is 6.28. The fourth-order valence-corrected chi connectivity index (χ4v) is 1.55. The Morgan fingerprint density at radius 1 is 1.20 bits per heavy atom. The van der Waals surface area contributed by atoms with Gasteiger partial charge < -0.3 is 5.11 Å². The zero-order valence-corrected chi connectivity index (χ0v) is 7.15. The first-order valence-electron chi connectivity index (χ1n) is 3.97. The van der Waals surface area contributed by atoms with Gasteiger partial charge in [0.25, 0.3) is 0 Å². The van der Waals surface area contributed by atoms with Gasteiger partial charge in [0, 0.05) is 0 Å². The first-order valence-corrected chi connectivity index (χ1v) is 3.97. The molecule has 0 N–H and O–H groups in total. The van der Waals surface area contributed by atoms with E-state index in [0.29, 0.717) is 0 Å². The van der Waals surface area contributed by atoms with Crippen LogP contribution in [0.15, 0.2) is 0 Å². The molecule has 0 heterocycles. The van der Waals surface area contributed by atoms with Gasteiger partial charge in [0.2, 0.25) is 0 Å². The van der Waals surface area contributed by atoms with Gasteiger partial charge >= 0.3 is 18.9 Å². The monoisotopic (exact) mass is 134 g/mol. The fourth-order valence-electron chi connectivity index (χ4n) is 1.55. The first kappa shape index (κ1) is 10.6. The Hall–Kier alpha value is 0.557. The van der Waals surface area contributed by atoms with Gasteiger partial charge in [0.15, 0.2) is 0 Å².